The molecular formula is C15H15N3O6. The molecule has 0 saturated carbocycles. The highest BCUT2D eigenvalue weighted by atomic mass is 16.6. The van der Waals surface area contributed by atoms with Gasteiger partial charge in [-0.25, -0.2) is 0 Å². The van der Waals surface area contributed by atoms with Crippen molar-refractivity contribution in [3.05, 3.63) is 62.2 Å². The SMILES string of the molecule is CCOc1cc(CNc2cccc([N+](=O)[O-])c2)cc([N+](=O)[O-])c1O. The molecule has 0 atom stereocenters. The van der Waals surface area contributed by atoms with Crippen LogP contribution in [0.5, 0.6) is 11.5 Å². The number of aromatic hydroxyl groups is 1. The number of nitrogens with one attached hydrogen (secondary N) is 1. The first-order chi connectivity index (χ1) is 11.4. The van der Waals surface area contributed by atoms with E-state index in [-0.39, 0.29) is 24.6 Å². The van der Waals surface area contributed by atoms with Crippen LogP contribution < -0.4 is 10.1 Å². The number of hydrogen-bond acceptors (Lipinski definition) is 7. The summed E-state index contributed by atoms with van der Waals surface area (Å²) in [5, 5.41) is 34.6. The lowest BCUT2D eigenvalue weighted by atomic mass is 10.1. The maximum absolute atomic E-state index is 11.0. The third-order valence-corrected chi connectivity index (χ3v) is 3.16. The molecule has 2 rings (SSSR count). The first-order valence-corrected chi connectivity index (χ1v) is 7.03. The van der Waals surface area contributed by atoms with Crippen LogP contribution >= 0.6 is 0 Å². The molecule has 2 aromatic rings. The van der Waals surface area contributed by atoms with Crippen LogP contribution in [0.4, 0.5) is 17.1 Å². The van der Waals surface area contributed by atoms with Gasteiger partial charge in [0.2, 0.25) is 5.75 Å². The van der Waals surface area contributed by atoms with Gasteiger partial charge in [-0.1, -0.05) is 6.07 Å². The number of nitrogens with zero attached hydrogens (tertiary/aromatic N) is 2. The van der Waals surface area contributed by atoms with Gasteiger partial charge in [0.15, 0.2) is 5.75 Å². The molecule has 0 amide bonds. The smallest absolute Gasteiger partial charge is 0.315 e. The Balaban J connectivity index is 2.24. The molecule has 0 radical (unpaired) electrons. The molecule has 0 fully saturated rings. The van der Waals surface area contributed by atoms with Gasteiger partial charge in [-0.15, -0.1) is 0 Å². The van der Waals surface area contributed by atoms with Gasteiger partial charge in [0.1, 0.15) is 0 Å². The molecule has 24 heavy (non-hydrogen) atoms. The number of ether oxygens (including phenoxy) is 1. The summed E-state index contributed by atoms with van der Waals surface area (Å²) >= 11 is 0. The summed E-state index contributed by atoms with van der Waals surface area (Å²) in [6, 6.07) is 8.61. The van der Waals surface area contributed by atoms with Gasteiger partial charge >= 0.3 is 5.69 Å². The minimum atomic E-state index is -0.700. The summed E-state index contributed by atoms with van der Waals surface area (Å²) in [4.78, 5) is 20.6. The summed E-state index contributed by atoms with van der Waals surface area (Å²) in [6.07, 6.45) is 0. The largest absolute Gasteiger partial charge is 0.500 e. The van der Waals surface area contributed by atoms with Crippen LogP contribution in [-0.4, -0.2) is 21.6 Å². The highest BCUT2D eigenvalue weighted by Crippen LogP contribution is 2.37. The Morgan fingerprint density at radius 1 is 1.17 bits per heavy atom. The third kappa shape index (κ3) is 3.88. The van der Waals surface area contributed by atoms with E-state index in [4.69, 9.17) is 4.74 Å². The van der Waals surface area contributed by atoms with E-state index in [1.165, 1.54) is 30.3 Å². The Morgan fingerprint density at radius 2 is 1.92 bits per heavy atom. The number of benzene rings is 2. The quantitative estimate of drug-likeness (QED) is 0.588. The lowest BCUT2D eigenvalue weighted by molar-refractivity contribution is -0.386. The van der Waals surface area contributed by atoms with E-state index in [2.05, 4.69) is 5.32 Å². The molecule has 0 aliphatic carbocycles. The van der Waals surface area contributed by atoms with Crippen LogP contribution in [0.2, 0.25) is 0 Å². The highest BCUT2D eigenvalue weighted by molar-refractivity contribution is 5.58. The predicted molar refractivity (Wildman–Crippen MR) is 86.4 cm³/mol. The second-order valence-corrected chi connectivity index (χ2v) is 4.81. The molecule has 2 N–H and O–H groups in total. The molecule has 0 aliphatic heterocycles. The zero-order chi connectivity index (χ0) is 17.7. The van der Waals surface area contributed by atoms with E-state index in [0.717, 1.165) is 0 Å². The van der Waals surface area contributed by atoms with Gasteiger partial charge in [-0.2, -0.15) is 0 Å². The molecule has 2 aromatic carbocycles. The fourth-order valence-electron chi connectivity index (χ4n) is 2.09. The van der Waals surface area contributed by atoms with Crippen molar-refractivity contribution in [2.75, 3.05) is 11.9 Å². The van der Waals surface area contributed by atoms with Crippen molar-refractivity contribution in [1.29, 1.82) is 0 Å². The van der Waals surface area contributed by atoms with E-state index < -0.39 is 21.3 Å². The zero-order valence-electron chi connectivity index (χ0n) is 12.8. The summed E-state index contributed by atoms with van der Waals surface area (Å²) in [5.74, 6) is -0.511. The normalized spacial score (nSPS) is 10.2. The van der Waals surface area contributed by atoms with E-state index in [1.807, 2.05) is 0 Å². The van der Waals surface area contributed by atoms with Crippen LogP contribution in [0.1, 0.15) is 12.5 Å². The molecular weight excluding hydrogens is 318 g/mol. The van der Waals surface area contributed by atoms with Crippen molar-refractivity contribution < 1.29 is 19.7 Å². The number of anilines is 1. The molecule has 126 valence electrons. The number of non-ortho nitro benzene ring substituents is 1. The Hall–Kier alpha value is -3.36. The first kappa shape index (κ1) is 17.0. The van der Waals surface area contributed by atoms with Crippen molar-refractivity contribution in [2.24, 2.45) is 0 Å². The number of hydrogen-bond donors (Lipinski definition) is 2. The van der Waals surface area contributed by atoms with Crippen LogP contribution in [0.25, 0.3) is 0 Å². The second kappa shape index (κ2) is 7.27. The number of rotatable bonds is 7. The van der Waals surface area contributed by atoms with Crippen molar-refractivity contribution >= 4 is 17.1 Å². The van der Waals surface area contributed by atoms with Crippen molar-refractivity contribution in [3.8, 4) is 11.5 Å². The fraction of sp³-hybridized carbons (Fsp3) is 0.200. The van der Waals surface area contributed by atoms with Crippen LogP contribution in [0.3, 0.4) is 0 Å². The molecule has 0 spiro atoms. The van der Waals surface area contributed by atoms with E-state index in [0.29, 0.717) is 11.3 Å². The van der Waals surface area contributed by atoms with Crippen LogP contribution in [0.15, 0.2) is 36.4 Å². The van der Waals surface area contributed by atoms with Gasteiger partial charge in [0.25, 0.3) is 5.69 Å². The fourth-order valence-corrected chi connectivity index (χ4v) is 2.09. The molecule has 0 bridgehead atoms. The molecule has 0 aliphatic rings. The van der Waals surface area contributed by atoms with Crippen molar-refractivity contribution in [2.45, 2.75) is 13.5 Å². The first-order valence-electron chi connectivity index (χ1n) is 7.03. The standard InChI is InChI=1S/C15H15N3O6/c1-2-24-14-7-10(6-13(15(14)19)18(22)23)9-16-11-4-3-5-12(8-11)17(20)21/h3-8,16,19H,2,9H2,1H3. The van der Waals surface area contributed by atoms with E-state index >= 15 is 0 Å². The maximum atomic E-state index is 11.0. The minimum Gasteiger partial charge on any atom is -0.500 e. The average molecular weight is 333 g/mol. The Morgan fingerprint density at radius 3 is 2.54 bits per heavy atom. The monoisotopic (exact) mass is 333 g/mol. The van der Waals surface area contributed by atoms with Gasteiger partial charge < -0.3 is 15.2 Å². The highest BCUT2D eigenvalue weighted by Gasteiger charge is 2.20. The molecule has 9 nitrogen and oxygen atoms in total. The number of phenolic OH excluding ortho intramolecular Hbond substituents is 1. The number of nitro benzene ring substituents is 2. The van der Waals surface area contributed by atoms with Gasteiger partial charge in [0, 0.05) is 30.4 Å². The van der Waals surface area contributed by atoms with E-state index in [9.17, 15) is 25.3 Å². The topological polar surface area (TPSA) is 128 Å². The second-order valence-electron chi connectivity index (χ2n) is 4.81. The summed E-state index contributed by atoms with van der Waals surface area (Å²) in [6.45, 7) is 2.11. The number of phenols is 1. The molecule has 0 unspecified atom stereocenters. The minimum absolute atomic E-state index is 0.0162. The number of nitro groups is 2. The van der Waals surface area contributed by atoms with Crippen molar-refractivity contribution in [1.82, 2.24) is 0 Å². The Labute approximate surface area is 136 Å². The summed E-state index contributed by atoms with van der Waals surface area (Å²) in [5.41, 5.74) is 0.468. The molecule has 0 aromatic heterocycles. The lowest BCUT2D eigenvalue weighted by Crippen LogP contribution is -2.03. The molecule has 0 heterocycles. The lowest BCUT2D eigenvalue weighted by Gasteiger charge is -2.10. The van der Waals surface area contributed by atoms with E-state index in [1.54, 1.807) is 13.0 Å². The third-order valence-electron chi connectivity index (χ3n) is 3.16. The van der Waals surface area contributed by atoms with Gasteiger partial charge in [-0.05, 0) is 24.6 Å². The van der Waals surface area contributed by atoms with Crippen LogP contribution in [0, 0.1) is 20.2 Å². The predicted octanol–water partition coefficient (Wildman–Crippen LogP) is 3.22. The zero-order valence-corrected chi connectivity index (χ0v) is 12.8. The van der Waals surface area contributed by atoms with Gasteiger partial charge in [-0.3, -0.25) is 20.2 Å². The summed E-state index contributed by atoms with van der Waals surface area (Å²) in [7, 11) is 0. The molecule has 0 saturated heterocycles. The van der Waals surface area contributed by atoms with Crippen LogP contribution in [-0.2, 0) is 6.54 Å². The van der Waals surface area contributed by atoms with Gasteiger partial charge in [0.05, 0.1) is 16.5 Å². The average Bonchev–Trinajstić information content (AvgIpc) is 2.55. The van der Waals surface area contributed by atoms with Crippen molar-refractivity contribution in [3.63, 3.8) is 0 Å². The maximum Gasteiger partial charge on any atom is 0.315 e. The Kier molecular flexibility index (Phi) is 5.15. The Bertz CT molecular complexity index is 778. The summed E-state index contributed by atoms with van der Waals surface area (Å²) < 4.78 is 5.20. The molecule has 9 heteroatoms.